The molecule has 5 amide bonds. The first-order chi connectivity index (χ1) is 37.0. The molecule has 0 spiro atoms. The van der Waals surface area contributed by atoms with Crippen LogP contribution in [0.5, 0.6) is 0 Å². The maximum absolute atomic E-state index is 15.5. The molecule has 2 aliphatic heterocycles. The van der Waals surface area contributed by atoms with Gasteiger partial charge in [-0.25, -0.2) is 14.2 Å². The molecule has 0 aliphatic carbocycles. The third-order valence-electron chi connectivity index (χ3n) is 14.0. The smallest absolute Gasteiger partial charge is 0.391 e. The summed E-state index contributed by atoms with van der Waals surface area (Å²) >= 11 is 7.07. The summed E-state index contributed by atoms with van der Waals surface area (Å²) < 4.78 is 62.3. The molecule has 0 bridgehead atoms. The predicted octanol–water partition coefficient (Wildman–Crippen LogP) is 10.3. The molecule has 2 aromatic heterocycles. The third kappa shape index (κ3) is 13.4. The topological polar surface area (TPSA) is 195 Å². The van der Waals surface area contributed by atoms with Crippen molar-refractivity contribution in [2.24, 2.45) is 5.92 Å². The number of aromatic nitrogens is 2. The Balaban J connectivity index is 0.849. The highest BCUT2D eigenvalue weighted by molar-refractivity contribution is 7.81. The lowest BCUT2D eigenvalue weighted by atomic mass is 9.91. The molecule has 78 heavy (non-hydrogen) atoms. The van der Waals surface area contributed by atoms with E-state index >= 15 is 4.39 Å². The molecule has 2 aliphatic rings. The first-order valence-electron chi connectivity index (χ1n) is 25.9. The van der Waals surface area contributed by atoms with E-state index in [0.717, 1.165) is 71.7 Å². The van der Waals surface area contributed by atoms with Crippen LogP contribution < -0.4 is 25.8 Å². The number of aryl methyl sites for hydroxylation is 2. The number of thiazole rings is 1. The molecular formula is C56H63F4N9O7S2. The number of β-amino-alcohol motifs (C(OH)–C–C–N with tert-alkyl or cyclic N) is 1. The molecule has 4 N–H and O–H groups in total. The number of halogens is 4. The highest BCUT2D eigenvalue weighted by atomic mass is 32.1. The van der Waals surface area contributed by atoms with Crippen molar-refractivity contribution in [3.05, 3.63) is 123 Å². The van der Waals surface area contributed by atoms with Crippen molar-refractivity contribution >= 4 is 75.3 Å². The number of alkyl halides is 3. The van der Waals surface area contributed by atoms with E-state index in [1.165, 1.54) is 53.2 Å². The van der Waals surface area contributed by atoms with Gasteiger partial charge in [-0.15, -0.1) is 11.3 Å². The number of rotatable bonds is 22. The molecule has 2 fully saturated rings. The molecular weight excluding hydrogens is 1050 g/mol. The van der Waals surface area contributed by atoms with Crippen LogP contribution in [0, 0.1) is 32.2 Å². The van der Waals surface area contributed by atoms with E-state index in [1.54, 1.807) is 18.5 Å². The number of nitrogens with one attached hydrogen (secondary N) is 3. The van der Waals surface area contributed by atoms with Crippen molar-refractivity contribution in [1.29, 1.82) is 0 Å². The number of carbonyl (C=O) groups is 5. The van der Waals surface area contributed by atoms with Crippen LogP contribution in [-0.4, -0.2) is 92.1 Å². The minimum atomic E-state index is -4.86. The second-order valence-corrected chi connectivity index (χ2v) is 21.7. The number of aliphatic hydroxyl groups is 1. The average molecular weight is 1110 g/mol. The first kappa shape index (κ1) is 58.6. The number of thiocarbonyl (C=S) groups is 1. The lowest BCUT2D eigenvalue weighted by molar-refractivity contribution is -0.141. The summed E-state index contributed by atoms with van der Waals surface area (Å²) in [6.45, 7) is 18.2. The summed E-state index contributed by atoms with van der Waals surface area (Å²) in [6.07, 6.45) is -0.0862. The Morgan fingerprint density at radius 1 is 0.936 bits per heavy atom. The number of hydrogen-bond donors (Lipinski definition) is 4. The number of amides is 5. The molecule has 7 rings (SSSR count). The Kier molecular flexibility index (Phi) is 18.9. The Bertz CT molecular complexity index is 3060. The van der Waals surface area contributed by atoms with Gasteiger partial charge < -0.3 is 35.4 Å². The highest BCUT2D eigenvalue weighted by Crippen LogP contribution is 2.42. The molecule has 5 aromatic rings. The first-order valence-corrected chi connectivity index (χ1v) is 27.1. The van der Waals surface area contributed by atoms with E-state index in [0.29, 0.717) is 42.6 Å². The van der Waals surface area contributed by atoms with Crippen LogP contribution in [0.25, 0.3) is 15.3 Å². The number of hydrogen-bond acceptors (Lipinski definition) is 11. The number of unbranched alkanes of at least 4 members (excludes halogenated alkanes) is 6. The standard InChI is InChI=1S/C56H63F4N9O7S2/c1-32(2)48(46-25-33(3)66-76-46)52(74)67-30-39(70)28-45(67)51(73)65-44(35-15-17-36(18-16-35)49-34(4)64-31-78-49)29-47(71)62-23-13-11-9-8-10-12-14-24-63-50(72)40-21-19-38(27-42(40)57)69-54(77)68(53(75)55(69,5)6)37-20-22-43(61-7)41(26-37)56(58,59)60/h15-22,25-27,31-32,39,44-45,48,70H,8-14,23-24,28-30H2,1-6H3,(H,62,71)(H,63,72)(H,65,73)/t39-,44+,45+,48-/m1/s1. The number of nitrogens with zero attached hydrogens (tertiary/aromatic N) is 6. The van der Waals surface area contributed by atoms with Crippen LogP contribution in [-0.2, 0) is 25.4 Å². The van der Waals surface area contributed by atoms with Gasteiger partial charge in [-0.05, 0) is 100 Å². The third-order valence-corrected chi connectivity index (χ3v) is 15.4. The van der Waals surface area contributed by atoms with Gasteiger partial charge in [-0.3, -0.25) is 28.9 Å². The lowest BCUT2D eigenvalue weighted by Crippen LogP contribution is -2.49. The summed E-state index contributed by atoms with van der Waals surface area (Å²) in [6, 6.07) is 14.1. The van der Waals surface area contributed by atoms with Crippen LogP contribution in [0.3, 0.4) is 0 Å². The predicted molar refractivity (Wildman–Crippen MR) is 291 cm³/mol. The molecule has 4 heterocycles. The van der Waals surface area contributed by atoms with Crippen LogP contribution in [0.2, 0.25) is 0 Å². The molecule has 414 valence electrons. The highest BCUT2D eigenvalue weighted by Gasteiger charge is 2.51. The van der Waals surface area contributed by atoms with Crippen LogP contribution >= 0.6 is 23.6 Å². The Labute approximate surface area is 459 Å². The van der Waals surface area contributed by atoms with Crippen molar-refractivity contribution in [3.63, 3.8) is 0 Å². The van der Waals surface area contributed by atoms with E-state index in [2.05, 4.69) is 30.9 Å². The minimum absolute atomic E-state index is 0.0276. The number of carbonyl (C=O) groups excluding carboxylic acids is 5. The van der Waals surface area contributed by atoms with Crippen molar-refractivity contribution in [2.75, 3.05) is 29.4 Å². The zero-order valence-corrected chi connectivity index (χ0v) is 45.8. The minimum Gasteiger partial charge on any atom is -0.391 e. The van der Waals surface area contributed by atoms with Crippen LogP contribution in [0.4, 0.5) is 34.6 Å². The maximum atomic E-state index is 15.5. The molecule has 22 heteroatoms. The van der Waals surface area contributed by atoms with E-state index in [9.17, 15) is 42.3 Å². The Morgan fingerprint density at radius 3 is 2.18 bits per heavy atom. The molecule has 16 nitrogen and oxygen atoms in total. The zero-order chi connectivity index (χ0) is 56.6. The van der Waals surface area contributed by atoms with Gasteiger partial charge >= 0.3 is 6.18 Å². The number of aliphatic hydroxyl groups excluding tert-OH is 1. The van der Waals surface area contributed by atoms with Crippen LogP contribution in [0.15, 0.2) is 76.8 Å². The van der Waals surface area contributed by atoms with E-state index in [1.807, 2.05) is 45.0 Å². The summed E-state index contributed by atoms with van der Waals surface area (Å²) in [7, 11) is 0. The summed E-state index contributed by atoms with van der Waals surface area (Å²) in [5, 5.41) is 23.3. The van der Waals surface area contributed by atoms with Gasteiger partial charge in [-0.1, -0.05) is 81.4 Å². The Hall–Kier alpha value is -7.09. The lowest BCUT2D eigenvalue weighted by Gasteiger charge is -2.30. The SMILES string of the molecule is [C-]#[N+]c1ccc(N2C(=O)C(C)(C)N(c3ccc(C(=O)NCCCCCCCCCNC(=O)C[C@H](NC(=O)[C@@H]4C[C@@H](O)CN4C(=O)[C@@H](c4cc(C)no4)C(C)C)c4ccc(-c5scnc5C)cc4)c(F)c3)C2=S)cc1C(F)(F)F. The van der Waals surface area contributed by atoms with Gasteiger partial charge in [-0.2, -0.15) is 13.2 Å². The van der Waals surface area contributed by atoms with Crippen molar-refractivity contribution < 1.29 is 51.2 Å². The Morgan fingerprint density at radius 2 is 1.59 bits per heavy atom. The molecule has 3 aromatic carbocycles. The van der Waals surface area contributed by atoms with Crippen molar-refractivity contribution in [2.45, 2.75) is 135 Å². The molecule has 0 unspecified atom stereocenters. The summed E-state index contributed by atoms with van der Waals surface area (Å²) in [5.74, 6) is -3.81. The van der Waals surface area contributed by atoms with Gasteiger partial charge in [0.25, 0.3) is 11.8 Å². The molecule has 0 radical (unpaired) electrons. The molecule has 0 saturated carbocycles. The van der Waals surface area contributed by atoms with Gasteiger partial charge in [0.05, 0.1) is 58.0 Å². The fourth-order valence-electron chi connectivity index (χ4n) is 9.90. The normalized spacial score (nSPS) is 17.1. The quantitative estimate of drug-likeness (QED) is 0.0223. The van der Waals surface area contributed by atoms with E-state index in [4.69, 9.17) is 23.3 Å². The number of benzene rings is 3. The number of anilines is 2. The molecule has 2 saturated heterocycles. The van der Waals surface area contributed by atoms with E-state index in [-0.39, 0.29) is 59.2 Å². The fraction of sp³-hybridized carbons (Fsp3) is 0.446. The van der Waals surface area contributed by atoms with Crippen molar-refractivity contribution in [3.8, 4) is 10.4 Å². The largest absolute Gasteiger partial charge is 0.407 e. The van der Waals surface area contributed by atoms with Gasteiger partial charge in [0, 0.05) is 43.5 Å². The summed E-state index contributed by atoms with van der Waals surface area (Å²) in [4.78, 5) is 80.2. The second kappa shape index (κ2) is 25.1. The maximum Gasteiger partial charge on any atom is 0.407 e. The summed E-state index contributed by atoms with van der Waals surface area (Å²) in [5.41, 5.74) is 1.30. The second-order valence-electron chi connectivity index (χ2n) is 20.5. The van der Waals surface area contributed by atoms with Gasteiger partial charge in [0.2, 0.25) is 17.7 Å². The van der Waals surface area contributed by atoms with Gasteiger partial charge in [0.15, 0.2) is 10.8 Å². The monoisotopic (exact) mass is 1110 g/mol. The van der Waals surface area contributed by atoms with E-state index < -0.39 is 70.6 Å². The van der Waals surface area contributed by atoms with Crippen molar-refractivity contribution in [1.82, 2.24) is 31.0 Å². The zero-order valence-electron chi connectivity index (χ0n) is 44.2. The number of likely N-dealkylation sites (tertiary alicyclic amines) is 1. The fourth-order valence-corrected chi connectivity index (χ4v) is 11.2. The van der Waals surface area contributed by atoms with Gasteiger partial charge in [0.1, 0.15) is 29.1 Å². The van der Waals surface area contributed by atoms with Crippen LogP contribution in [0.1, 0.15) is 136 Å². The molecule has 4 atom stereocenters. The average Bonchev–Trinajstić information content (AvgIpc) is 4.29.